The molecule has 5 nitrogen and oxygen atoms in total. The van der Waals surface area contributed by atoms with Gasteiger partial charge in [0.25, 0.3) is 0 Å². The molecule has 0 saturated carbocycles. The van der Waals surface area contributed by atoms with Crippen molar-refractivity contribution in [2.45, 2.75) is 0 Å². The Morgan fingerprint density at radius 3 is 2.78 bits per heavy atom. The van der Waals surface area contributed by atoms with Gasteiger partial charge in [0.1, 0.15) is 5.69 Å². The summed E-state index contributed by atoms with van der Waals surface area (Å²) in [5.74, 6) is 0. The van der Waals surface area contributed by atoms with Crippen LogP contribution in [0.5, 0.6) is 0 Å². The monoisotopic (exact) mass is 244 g/mol. The molecule has 1 aliphatic rings. The van der Waals surface area contributed by atoms with Crippen molar-refractivity contribution in [3.63, 3.8) is 0 Å². The minimum absolute atomic E-state index is 0.551. The summed E-state index contributed by atoms with van der Waals surface area (Å²) < 4.78 is 0. The molecule has 0 atom stereocenters. The largest absolute Gasteiger partial charge is 0.369 e. The van der Waals surface area contributed by atoms with Gasteiger partial charge in [-0.25, -0.2) is 0 Å². The fourth-order valence-electron chi connectivity index (χ4n) is 2.37. The summed E-state index contributed by atoms with van der Waals surface area (Å²) in [5, 5.41) is 7.81. The molecular weight excluding hydrogens is 228 g/mol. The number of hydrogen-bond acceptors (Lipinski definition) is 4. The number of nitrogens with one attached hydrogen (secondary N) is 1. The van der Waals surface area contributed by atoms with E-state index < -0.39 is 0 Å². The molecule has 1 fully saturated rings. The van der Waals surface area contributed by atoms with Gasteiger partial charge in [0, 0.05) is 37.3 Å². The Morgan fingerprint density at radius 1 is 1.28 bits per heavy atom. The number of H-pyrrole nitrogens is 1. The van der Waals surface area contributed by atoms with Crippen LogP contribution in [-0.2, 0) is 0 Å². The molecule has 1 saturated heterocycles. The van der Waals surface area contributed by atoms with E-state index in [1.54, 1.807) is 0 Å². The lowest BCUT2D eigenvalue weighted by Gasteiger charge is -2.34. The van der Waals surface area contributed by atoms with Crippen LogP contribution in [0.3, 0.4) is 0 Å². The van der Waals surface area contributed by atoms with Gasteiger partial charge in [0.15, 0.2) is 6.29 Å². The number of carbonyl (C=O) groups excluding carboxylic acids is 1. The molecule has 18 heavy (non-hydrogen) atoms. The highest BCUT2D eigenvalue weighted by atomic mass is 16.1. The highest BCUT2D eigenvalue weighted by Gasteiger charge is 2.15. The third kappa shape index (κ3) is 1.86. The van der Waals surface area contributed by atoms with Gasteiger partial charge in [-0.1, -0.05) is 0 Å². The van der Waals surface area contributed by atoms with Gasteiger partial charge in [-0.2, -0.15) is 5.10 Å². The van der Waals surface area contributed by atoms with Crippen LogP contribution in [0, 0.1) is 0 Å². The number of aromatic amines is 1. The lowest BCUT2D eigenvalue weighted by atomic mass is 10.1. The molecule has 1 aromatic carbocycles. The van der Waals surface area contributed by atoms with Crippen LogP contribution in [-0.4, -0.2) is 54.6 Å². The maximum Gasteiger partial charge on any atom is 0.168 e. The molecule has 0 aliphatic carbocycles. The van der Waals surface area contributed by atoms with Gasteiger partial charge in [-0.05, 0) is 25.2 Å². The van der Waals surface area contributed by atoms with Gasteiger partial charge in [-0.3, -0.25) is 9.89 Å². The Bertz CT molecular complexity index is 569. The Morgan fingerprint density at radius 2 is 2.06 bits per heavy atom. The van der Waals surface area contributed by atoms with E-state index in [4.69, 9.17) is 0 Å². The first kappa shape index (κ1) is 11.2. The smallest absolute Gasteiger partial charge is 0.168 e. The number of fused-ring (bicyclic) bond motifs is 1. The van der Waals surface area contributed by atoms with E-state index >= 15 is 0 Å². The Balaban J connectivity index is 1.91. The van der Waals surface area contributed by atoms with Crippen LogP contribution >= 0.6 is 0 Å². The quantitative estimate of drug-likeness (QED) is 0.805. The molecule has 0 unspecified atom stereocenters. The number of rotatable bonds is 2. The number of nitrogens with zero attached hydrogens (tertiary/aromatic N) is 3. The Labute approximate surface area is 105 Å². The normalized spacial score (nSPS) is 17.3. The number of carbonyl (C=O) groups is 1. The van der Waals surface area contributed by atoms with Gasteiger partial charge in [-0.15, -0.1) is 0 Å². The van der Waals surface area contributed by atoms with Crippen LogP contribution in [0.2, 0.25) is 0 Å². The molecule has 0 amide bonds. The minimum atomic E-state index is 0.551. The lowest BCUT2D eigenvalue weighted by molar-refractivity contribution is 0.112. The van der Waals surface area contributed by atoms with Gasteiger partial charge in [0.05, 0.1) is 5.52 Å². The first-order valence-corrected chi connectivity index (χ1v) is 6.15. The maximum atomic E-state index is 10.8. The zero-order valence-corrected chi connectivity index (χ0v) is 10.4. The van der Waals surface area contributed by atoms with E-state index in [1.165, 1.54) is 5.69 Å². The van der Waals surface area contributed by atoms with E-state index in [0.29, 0.717) is 5.69 Å². The van der Waals surface area contributed by atoms with E-state index in [-0.39, 0.29) is 0 Å². The van der Waals surface area contributed by atoms with Gasteiger partial charge >= 0.3 is 0 Å². The van der Waals surface area contributed by atoms with E-state index in [2.05, 4.69) is 33.1 Å². The fraction of sp³-hybridized carbons (Fsp3) is 0.385. The number of hydrogen-bond donors (Lipinski definition) is 1. The van der Waals surface area contributed by atoms with Crippen molar-refractivity contribution in [1.82, 2.24) is 15.1 Å². The van der Waals surface area contributed by atoms with Crippen LogP contribution in [0.15, 0.2) is 18.2 Å². The third-order valence-corrected chi connectivity index (χ3v) is 3.55. The minimum Gasteiger partial charge on any atom is -0.369 e. The number of likely N-dealkylation sites (N-methyl/N-ethyl adjacent to an activating group) is 1. The SMILES string of the molecule is CN1CCN(c2ccc3c(C=O)[nH]nc3c2)CC1. The average molecular weight is 244 g/mol. The van der Waals surface area contributed by atoms with Crippen molar-refractivity contribution >= 4 is 22.9 Å². The second-order valence-corrected chi connectivity index (χ2v) is 4.75. The van der Waals surface area contributed by atoms with Crippen molar-refractivity contribution in [3.8, 4) is 0 Å². The number of piperazine rings is 1. The average Bonchev–Trinajstić information content (AvgIpc) is 2.81. The van der Waals surface area contributed by atoms with E-state index in [1.807, 2.05) is 12.1 Å². The Kier molecular flexibility index (Phi) is 2.76. The summed E-state index contributed by atoms with van der Waals surface area (Å²) >= 11 is 0. The zero-order valence-electron chi connectivity index (χ0n) is 10.4. The van der Waals surface area contributed by atoms with Crippen LogP contribution in [0.1, 0.15) is 10.5 Å². The third-order valence-electron chi connectivity index (χ3n) is 3.55. The molecule has 5 heteroatoms. The molecule has 0 spiro atoms. The van der Waals surface area contributed by atoms with Gasteiger partial charge in [0.2, 0.25) is 0 Å². The predicted octanol–water partition coefficient (Wildman–Crippen LogP) is 1.13. The summed E-state index contributed by atoms with van der Waals surface area (Å²) in [6.07, 6.45) is 0.810. The molecule has 3 rings (SSSR count). The molecule has 1 N–H and O–H groups in total. The number of aromatic nitrogens is 2. The number of anilines is 1. The first-order valence-electron chi connectivity index (χ1n) is 6.15. The van der Waals surface area contributed by atoms with E-state index in [0.717, 1.165) is 43.4 Å². The highest BCUT2D eigenvalue weighted by molar-refractivity contribution is 5.96. The van der Waals surface area contributed by atoms with Crippen molar-refractivity contribution in [2.24, 2.45) is 0 Å². The van der Waals surface area contributed by atoms with E-state index in [9.17, 15) is 4.79 Å². The molecule has 94 valence electrons. The van der Waals surface area contributed by atoms with Crippen molar-refractivity contribution in [2.75, 3.05) is 38.1 Å². The molecule has 2 aromatic rings. The summed E-state index contributed by atoms with van der Waals surface area (Å²) in [6, 6.07) is 6.08. The maximum absolute atomic E-state index is 10.8. The summed E-state index contributed by atoms with van der Waals surface area (Å²) in [7, 11) is 2.14. The van der Waals surface area contributed by atoms with Crippen LogP contribution < -0.4 is 4.90 Å². The predicted molar refractivity (Wildman–Crippen MR) is 71.2 cm³/mol. The van der Waals surface area contributed by atoms with Gasteiger partial charge < -0.3 is 9.80 Å². The Hall–Kier alpha value is -1.88. The van der Waals surface area contributed by atoms with Crippen LogP contribution in [0.25, 0.3) is 10.9 Å². The summed E-state index contributed by atoms with van der Waals surface area (Å²) in [6.45, 7) is 4.23. The number of benzene rings is 1. The van der Waals surface area contributed by atoms with Crippen molar-refractivity contribution in [3.05, 3.63) is 23.9 Å². The van der Waals surface area contributed by atoms with Crippen molar-refractivity contribution < 1.29 is 4.79 Å². The molecule has 2 heterocycles. The second kappa shape index (κ2) is 4.42. The number of aldehydes is 1. The molecule has 0 bridgehead atoms. The topological polar surface area (TPSA) is 52.2 Å². The fourth-order valence-corrected chi connectivity index (χ4v) is 2.37. The highest BCUT2D eigenvalue weighted by Crippen LogP contribution is 2.23. The standard InChI is InChI=1S/C13H16N4O/c1-16-4-6-17(7-5-16)10-2-3-11-12(8-10)14-15-13(11)9-18/h2-3,8-9H,4-7H2,1H3,(H,14,15). The van der Waals surface area contributed by atoms with Crippen LogP contribution in [0.4, 0.5) is 5.69 Å². The zero-order chi connectivity index (χ0) is 12.5. The van der Waals surface area contributed by atoms with Crippen molar-refractivity contribution in [1.29, 1.82) is 0 Å². The first-order chi connectivity index (χ1) is 8.78. The second-order valence-electron chi connectivity index (χ2n) is 4.75. The molecule has 1 aliphatic heterocycles. The lowest BCUT2D eigenvalue weighted by Crippen LogP contribution is -2.44. The molecule has 0 radical (unpaired) electrons. The molecular formula is C13H16N4O. The summed E-state index contributed by atoms with van der Waals surface area (Å²) in [4.78, 5) is 15.5. The summed E-state index contributed by atoms with van der Waals surface area (Å²) in [5.41, 5.74) is 2.59. The molecule has 1 aromatic heterocycles.